The number of rotatable bonds is 3. The summed E-state index contributed by atoms with van der Waals surface area (Å²) in [6.45, 7) is 0. The van der Waals surface area contributed by atoms with Crippen molar-refractivity contribution in [2.24, 2.45) is 5.18 Å². The third-order valence-electron chi connectivity index (χ3n) is 4.24. The molecule has 3 aromatic rings. The molecule has 1 aromatic carbocycles. The van der Waals surface area contributed by atoms with Gasteiger partial charge in [0.05, 0.1) is 6.26 Å². The Morgan fingerprint density at radius 2 is 1.95 bits per heavy atom. The van der Waals surface area contributed by atoms with E-state index in [0.717, 1.165) is 40.9 Å². The van der Waals surface area contributed by atoms with E-state index in [1.54, 1.807) is 18.7 Å². The van der Waals surface area contributed by atoms with E-state index >= 15 is 0 Å². The van der Waals surface area contributed by atoms with Crippen LogP contribution in [0.2, 0.25) is 0 Å². The van der Waals surface area contributed by atoms with Gasteiger partial charge in [-0.05, 0) is 47.7 Å². The molecule has 0 bridgehead atoms. The Kier molecular flexibility index (Phi) is 3.07. The Labute approximate surface area is 127 Å². The van der Waals surface area contributed by atoms with Crippen LogP contribution in [-0.4, -0.2) is 4.98 Å². The Morgan fingerprint density at radius 1 is 1.09 bits per heavy atom. The van der Waals surface area contributed by atoms with Crippen LogP contribution in [0.3, 0.4) is 0 Å². The van der Waals surface area contributed by atoms with Crippen molar-refractivity contribution < 1.29 is 4.42 Å². The molecule has 0 radical (unpaired) electrons. The zero-order valence-corrected chi connectivity index (χ0v) is 11.9. The zero-order chi connectivity index (χ0) is 14.9. The molecule has 4 nitrogen and oxygen atoms in total. The number of hydrogen-bond donors (Lipinski definition) is 0. The minimum Gasteiger partial charge on any atom is -0.464 e. The van der Waals surface area contributed by atoms with Gasteiger partial charge in [-0.1, -0.05) is 23.4 Å². The first-order valence-electron chi connectivity index (χ1n) is 7.30. The van der Waals surface area contributed by atoms with Crippen molar-refractivity contribution in [1.82, 2.24) is 4.98 Å². The smallest absolute Gasteiger partial charge is 0.141 e. The molecule has 22 heavy (non-hydrogen) atoms. The Bertz CT molecular complexity index is 824. The average molecular weight is 290 g/mol. The minimum absolute atomic E-state index is 0.187. The van der Waals surface area contributed by atoms with Crippen molar-refractivity contribution in [1.29, 1.82) is 0 Å². The van der Waals surface area contributed by atoms with Gasteiger partial charge in [0.2, 0.25) is 0 Å². The fraction of sp³-hybridized carbons (Fsp3) is 0.167. The molecular formula is C18H14N2O2. The third kappa shape index (κ3) is 2.04. The molecule has 0 saturated heterocycles. The lowest BCUT2D eigenvalue weighted by Gasteiger charge is -2.07. The fourth-order valence-electron chi connectivity index (χ4n) is 3.14. The van der Waals surface area contributed by atoms with E-state index in [1.807, 2.05) is 30.3 Å². The van der Waals surface area contributed by atoms with Crippen molar-refractivity contribution in [3.05, 3.63) is 71.1 Å². The lowest BCUT2D eigenvalue weighted by atomic mass is 9.98. The second-order valence-corrected chi connectivity index (χ2v) is 5.47. The maximum absolute atomic E-state index is 10.9. The molecule has 1 atom stereocenters. The van der Waals surface area contributed by atoms with Crippen LogP contribution >= 0.6 is 0 Å². The highest BCUT2D eigenvalue weighted by atomic mass is 16.3. The van der Waals surface area contributed by atoms with Crippen LogP contribution in [-0.2, 0) is 6.42 Å². The average Bonchev–Trinajstić information content (AvgIpc) is 3.21. The van der Waals surface area contributed by atoms with E-state index in [0.29, 0.717) is 0 Å². The number of pyridine rings is 1. The normalized spacial score (nSPS) is 16.5. The Hall–Kier alpha value is -2.75. The van der Waals surface area contributed by atoms with E-state index in [9.17, 15) is 4.91 Å². The maximum Gasteiger partial charge on any atom is 0.141 e. The van der Waals surface area contributed by atoms with Crippen molar-refractivity contribution in [3.63, 3.8) is 0 Å². The van der Waals surface area contributed by atoms with Gasteiger partial charge in [0.15, 0.2) is 0 Å². The maximum atomic E-state index is 10.9. The monoisotopic (exact) mass is 290 g/mol. The minimum atomic E-state index is -0.187. The summed E-state index contributed by atoms with van der Waals surface area (Å²) in [5.41, 5.74) is 5.43. The SMILES string of the molecule is O=NC1CCc2cc(-c3ccoc3-c3ccncc3)ccc21. The number of aromatic nitrogens is 1. The van der Waals surface area contributed by atoms with E-state index in [2.05, 4.69) is 16.2 Å². The molecule has 1 unspecified atom stereocenters. The van der Waals surface area contributed by atoms with Gasteiger partial charge in [0, 0.05) is 23.5 Å². The molecule has 1 aliphatic rings. The molecule has 108 valence electrons. The van der Waals surface area contributed by atoms with E-state index in [4.69, 9.17) is 4.42 Å². The second kappa shape index (κ2) is 5.22. The summed E-state index contributed by atoms with van der Waals surface area (Å²) >= 11 is 0. The van der Waals surface area contributed by atoms with Crippen LogP contribution < -0.4 is 0 Å². The lowest BCUT2D eigenvalue weighted by molar-refractivity contribution is 0.583. The van der Waals surface area contributed by atoms with Crippen molar-refractivity contribution in [2.75, 3.05) is 0 Å². The number of nitrogens with zero attached hydrogens (tertiary/aromatic N) is 2. The van der Waals surface area contributed by atoms with E-state index < -0.39 is 0 Å². The molecule has 0 saturated carbocycles. The van der Waals surface area contributed by atoms with Gasteiger partial charge in [0.1, 0.15) is 11.8 Å². The first-order chi connectivity index (χ1) is 10.9. The highest BCUT2D eigenvalue weighted by molar-refractivity contribution is 5.80. The summed E-state index contributed by atoms with van der Waals surface area (Å²) in [5.74, 6) is 0.838. The first kappa shape index (κ1) is 13.0. The fourth-order valence-corrected chi connectivity index (χ4v) is 3.14. The summed E-state index contributed by atoms with van der Waals surface area (Å²) in [5, 5.41) is 3.21. The summed E-state index contributed by atoms with van der Waals surface area (Å²) < 4.78 is 5.67. The molecule has 0 spiro atoms. The van der Waals surface area contributed by atoms with Crippen LogP contribution in [0.4, 0.5) is 0 Å². The molecule has 4 heteroatoms. The molecule has 2 aromatic heterocycles. The predicted octanol–water partition coefficient (Wildman–Crippen LogP) is 4.76. The Balaban J connectivity index is 1.79. The van der Waals surface area contributed by atoms with Gasteiger partial charge in [-0.2, -0.15) is 4.91 Å². The highest BCUT2D eigenvalue weighted by Gasteiger charge is 2.24. The molecule has 4 rings (SSSR count). The van der Waals surface area contributed by atoms with Crippen LogP contribution in [0, 0.1) is 4.91 Å². The lowest BCUT2D eigenvalue weighted by Crippen LogP contribution is -1.88. The summed E-state index contributed by atoms with van der Waals surface area (Å²) in [6.07, 6.45) is 6.93. The van der Waals surface area contributed by atoms with Gasteiger partial charge < -0.3 is 4.42 Å². The first-order valence-corrected chi connectivity index (χ1v) is 7.30. The standard InChI is InChI=1S/C18H14N2O2/c21-20-17-4-2-13-11-14(1-3-15(13)17)16-7-10-22-18(16)12-5-8-19-9-6-12/h1,3,5-11,17H,2,4H2. The zero-order valence-electron chi connectivity index (χ0n) is 11.9. The van der Waals surface area contributed by atoms with Crippen molar-refractivity contribution in [2.45, 2.75) is 18.9 Å². The van der Waals surface area contributed by atoms with Crippen LogP contribution in [0.15, 0.2) is 64.6 Å². The molecule has 1 aliphatic carbocycles. The second-order valence-electron chi connectivity index (χ2n) is 5.47. The van der Waals surface area contributed by atoms with Crippen LogP contribution in [0.5, 0.6) is 0 Å². The molecule has 0 N–H and O–H groups in total. The van der Waals surface area contributed by atoms with Gasteiger partial charge >= 0.3 is 0 Å². The number of fused-ring (bicyclic) bond motifs is 1. The number of nitroso groups, excluding NO2 is 1. The number of hydrogen-bond acceptors (Lipinski definition) is 4. The Morgan fingerprint density at radius 3 is 2.77 bits per heavy atom. The summed E-state index contributed by atoms with van der Waals surface area (Å²) in [6, 6.07) is 11.9. The topological polar surface area (TPSA) is 55.5 Å². The number of furan rings is 1. The largest absolute Gasteiger partial charge is 0.464 e. The predicted molar refractivity (Wildman–Crippen MR) is 84.2 cm³/mol. The van der Waals surface area contributed by atoms with Gasteiger partial charge in [-0.15, -0.1) is 0 Å². The van der Waals surface area contributed by atoms with E-state index in [-0.39, 0.29) is 6.04 Å². The molecule has 0 amide bonds. The van der Waals surface area contributed by atoms with Crippen molar-refractivity contribution >= 4 is 0 Å². The summed E-state index contributed by atoms with van der Waals surface area (Å²) in [4.78, 5) is 14.9. The van der Waals surface area contributed by atoms with Crippen LogP contribution in [0.1, 0.15) is 23.6 Å². The molecule has 2 heterocycles. The van der Waals surface area contributed by atoms with Gasteiger partial charge in [0.25, 0.3) is 0 Å². The molecule has 0 aliphatic heterocycles. The van der Waals surface area contributed by atoms with Gasteiger partial charge in [-0.3, -0.25) is 4.98 Å². The summed E-state index contributed by atoms with van der Waals surface area (Å²) in [7, 11) is 0. The van der Waals surface area contributed by atoms with Crippen LogP contribution in [0.25, 0.3) is 22.5 Å². The third-order valence-corrected chi connectivity index (χ3v) is 4.24. The quantitative estimate of drug-likeness (QED) is 0.653. The highest BCUT2D eigenvalue weighted by Crippen LogP contribution is 2.39. The number of benzene rings is 1. The van der Waals surface area contributed by atoms with Gasteiger partial charge in [-0.25, -0.2) is 0 Å². The molecular weight excluding hydrogens is 276 g/mol. The molecule has 0 fully saturated rings. The van der Waals surface area contributed by atoms with E-state index in [1.165, 1.54) is 5.56 Å². The van der Waals surface area contributed by atoms with Crippen molar-refractivity contribution in [3.8, 4) is 22.5 Å². The number of aryl methyl sites for hydroxylation is 1.